The molecule has 0 radical (unpaired) electrons. The summed E-state index contributed by atoms with van der Waals surface area (Å²) in [6.45, 7) is 2.67. The SMILES string of the molecule is CCOc1ccc(C(=O)Nc2ccc(Cl)cc2Cl)cc1COc1ccc(-c2ccccc2)cc1. The van der Waals surface area contributed by atoms with Gasteiger partial charge in [0.15, 0.2) is 0 Å². The van der Waals surface area contributed by atoms with Crippen LogP contribution >= 0.6 is 23.2 Å². The van der Waals surface area contributed by atoms with E-state index in [1.807, 2.05) is 49.4 Å². The van der Waals surface area contributed by atoms with Gasteiger partial charge in [-0.2, -0.15) is 0 Å². The molecule has 0 atom stereocenters. The highest BCUT2D eigenvalue weighted by atomic mass is 35.5. The first-order valence-corrected chi connectivity index (χ1v) is 11.6. The Labute approximate surface area is 209 Å². The summed E-state index contributed by atoms with van der Waals surface area (Å²) in [6.07, 6.45) is 0. The molecule has 6 heteroatoms. The molecule has 1 N–H and O–H groups in total. The number of carbonyl (C=O) groups is 1. The molecular formula is C28H23Cl2NO3. The van der Waals surface area contributed by atoms with Gasteiger partial charge in [0.05, 0.1) is 17.3 Å². The van der Waals surface area contributed by atoms with Crippen molar-refractivity contribution in [2.24, 2.45) is 0 Å². The third kappa shape index (κ3) is 5.90. The second kappa shape index (κ2) is 11.1. The maximum atomic E-state index is 12.8. The van der Waals surface area contributed by atoms with Gasteiger partial charge in [-0.25, -0.2) is 0 Å². The third-order valence-electron chi connectivity index (χ3n) is 5.16. The van der Waals surface area contributed by atoms with Crippen LogP contribution in [-0.2, 0) is 6.61 Å². The van der Waals surface area contributed by atoms with Crippen LogP contribution in [0.25, 0.3) is 11.1 Å². The predicted octanol–water partition coefficient (Wildman–Crippen LogP) is 7.89. The monoisotopic (exact) mass is 491 g/mol. The maximum Gasteiger partial charge on any atom is 0.255 e. The van der Waals surface area contributed by atoms with Crippen LogP contribution in [0.5, 0.6) is 11.5 Å². The van der Waals surface area contributed by atoms with Gasteiger partial charge < -0.3 is 14.8 Å². The maximum absolute atomic E-state index is 12.8. The lowest BCUT2D eigenvalue weighted by atomic mass is 10.1. The Kier molecular flexibility index (Phi) is 7.73. The van der Waals surface area contributed by atoms with Crippen LogP contribution in [-0.4, -0.2) is 12.5 Å². The van der Waals surface area contributed by atoms with Crippen molar-refractivity contribution >= 4 is 34.8 Å². The number of rotatable bonds is 8. The zero-order valence-corrected chi connectivity index (χ0v) is 20.1. The zero-order valence-electron chi connectivity index (χ0n) is 18.6. The zero-order chi connectivity index (χ0) is 23.9. The highest BCUT2D eigenvalue weighted by Gasteiger charge is 2.13. The first-order valence-electron chi connectivity index (χ1n) is 10.8. The summed E-state index contributed by atoms with van der Waals surface area (Å²) in [4.78, 5) is 12.8. The van der Waals surface area contributed by atoms with Crippen molar-refractivity contribution in [1.29, 1.82) is 0 Å². The highest BCUT2D eigenvalue weighted by molar-refractivity contribution is 6.36. The van der Waals surface area contributed by atoms with Crippen LogP contribution in [0.4, 0.5) is 5.69 Å². The second-order valence-electron chi connectivity index (χ2n) is 7.51. The Morgan fingerprint density at radius 2 is 1.56 bits per heavy atom. The molecule has 1 amide bonds. The van der Waals surface area contributed by atoms with Crippen LogP contribution in [0.15, 0.2) is 91.0 Å². The van der Waals surface area contributed by atoms with Gasteiger partial charge in [-0.3, -0.25) is 4.79 Å². The summed E-state index contributed by atoms with van der Waals surface area (Å²) >= 11 is 12.1. The average Bonchev–Trinajstić information content (AvgIpc) is 2.86. The van der Waals surface area contributed by atoms with Crippen molar-refractivity contribution in [2.45, 2.75) is 13.5 Å². The minimum absolute atomic E-state index is 0.253. The van der Waals surface area contributed by atoms with Crippen molar-refractivity contribution < 1.29 is 14.3 Å². The number of ether oxygens (including phenoxy) is 2. The number of amides is 1. The summed E-state index contributed by atoms with van der Waals surface area (Å²) < 4.78 is 11.7. The Hall–Kier alpha value is -3.47. The molecule has 4 aromatic rings. The van der Waals surface area contributed by atoms with E-state index in [0.29, 0.717) is 33.7 Å². The average molecular weight is 492 g/mol. The summed E-state index contributed by atoms with van der Waals surface area (Å²) in [5, 5.41) is 3.69. The molecule has 0 saturated carbocycles. The Morgan fingerprint density at radius 3 is 2.26 bits per heavy atom. The first kappa shape index (κ1) is 23.7. The molecular weight excluding hydrogens is 469 g/mol. The minimum Gasteiger partial charge on any atom is -0.493 e. The lowest BCUT2D eigenvalue weighted by Gasteiger charge is -2.14. The van der Waals surface area contributed by atoms with E-state index in [2.05, 4.69) is 17.4 Å². The number of anilines is 1. The quantitative estimate of drug-likeness (QED) is 0.272. The molecule has 0 unspecified atom stereocenters. The molecule has 0 aliphatic rings. The topological polar surface area (TPSA) is 47.6 Å². The van der Waals surface area contributed by atoms with Gasteiger partial charge in [0.2, 0.25) is 0 Å². The van der Waals surface area contributed by atoms with Gasteiger partial charge in [-0.05, 0) is 66.6 Å². The number of benzene rings is 4. The largest absolute Gasteiger partial charge is 0.493 e. The fraction of sp³-hybridized carbons (Fsp3) is 0.107. The molecule has 0 fully saturated rings. The summed E-state index contributed by atoms with van der Waals surface area (Å²) in [6, 6.07) is 28.2. The fourth-order valence-electron chi connectivity index (χ4n) is 3.45. The Bertz CT molecular complexity index is 1270. The molecule has 0 heterocycles. The number of hydrogen-bond donors (Lipinski definition) is 1. The van der Waals surface area contributed by atoms with Crippen LogP contribution in [0.3, 0.4) is 0 Å². The number of hydrogen-bond acceptors (Lipinski definition) is 3. The van der Waals surface area contributed by atoms with Crippen LogP contribution < -0.4 is 14.8 Å². The van der Waals surface area contributed by atoms with E-state index >= 15 is 0 Å². The van der Waals surface area contributed by atoms with Crippen molar-refractivity contribution in [1.82, 2.24) is 0 Å². The lowest BCUT2D eigenvalue weighted by molar-refractivity contribution is 0.102. The Balaban J connectivity index is 1.49. The van der Waals surface area contributed by atoms with Gasteiger partial charge in [0.1, 0.15) is 18.1 Å². The van der Waals surface area contributed by atoms with Gasteiger partial charge >= 0.3 is 0 Å². The van der Waals surface area contributed by atoms with Crippen molar-refractivity contribution in [3.05, 3.63) is 112 Å². The van der Waals surface area contributed by atoms with Crippen LogP contribution in [0.2, 0.25) is 10.0 Å². The molecule has 0 bridgehead atoms. The molecule has 172 valence electrons. The van der Waals surface area contributed by atoms with Crippen LogP contribution in [0.1, 0.15) is 22.8 Å². The van der Waals surface area contributed by atoms with E-state index in [0.717, 1.165) is 22.4 Å². The predicted molar refractivity (Wildman–Crippen MR) is 138 cm³/mol. The Morgan fingerprint density at radius 1 is 0.824 bits per heavy atom. The second-order valence-corrected chi connectivity index (χ2v) is 8.36. The molecule has 0 spiro atoms. The lowest BCUT2D eigenvalue weighted by Crippen LogP contribution is -2.13. The number of halogens is 2. The molecule has 0 aliphatic heterocycles. The first-order chi connectivity index (χ1) is 16.5. The molecule has 0 saturated heterocycles. The van der Waals surface area contributed by atoms with Crippen molar-refractivity contribution in [3.8, 4) is 22.6 Å². The van der Waals surface area contributed by atoms with Gasteiger partial charge in [0.25, 0.3) is 5.91 Å². The van der Waals surface area contributed by atoms with E-state index in [1.165, 1.54) is 0 Å². The molecule has 4 rings (SSSR count). The highest BCUT2D eigenvalue weighted by Crippen LogP contribution is 2.28. The smallest absolute Gasteiger partial charge is 0.255 e. The van der Waals surface area contributed by atoms with Gasteiger partial charge in [0, 0.05) is 16.1 Å². The molecule has 4 aromatic carbocycles. The number of carbonyl (C=O) groups excluding carboxylic acids is 1. The molecule has 0 aromatic heterocycles. The van der Waals surface area contributed by atoms with E-state index in [1.54, 1.807) is 36.4 Å². The molecule has 34 heavy (non-hydrogen) atoms. The van der Waals surface area contributed by atoms with E-state index in [-0.39, 0.29) is 12.5 Å². The van der Waals surface area contributed by atoms with Crippen molar-refractivity contribution in [2.75, 3.05) is 11.9 Å². The van der Waals surface area contributed by atoms with Gasteiger partial charge in [-0.15, -0.1) is 0 Å². The van der Waals surface area contributed by atoms with Crippen LogP contribution in [0, 0.1) is 0 Å². The molecule has 0 aliphatic carbocycles. The number of nitrogens with one attached hydrogen (secondary N) is 1. The van der Waals surface area contributed by atoms with E-state index in [9.17, 15) is 4.79 Å². The third-order valence-corrected chi connectivity index (χ3v) is 5.71. The van der Waals surface area contributed by atoms with E-state index < -0.39 is 0 Å². The fourth-order valence-corrected chi connectivity index (χ4v) is 3.91. The van der Waals surface area contributed by atoms with Crippen molar-refractivity contribution in [3.63, 3.8) is 0 Å². The summed E-state index contributed by atoms with van der Waals surface area (Å²) in [7, 11) is 0. The van der Waals surface area contributed by atoms with E-state index in [4.69, 9.17) is 32.7 Å². The normalized spacial score (nSPS) is 10.6. The summed E-state index contributed by atoms with van der Waals surface area (Å²) in [5.41, 5.74) is 3.98. The van der Waals surface area contributed by atoms with Gasteiger partial charge in [-0.1, -0.05) is 65.7 Å². The summed E-state index contributed by atoms with van der Waals surface area (Å²) in [5.74, 6) is 1.11. The minimum atomic E-state index is -0.291. The molecule has 4 nitrogen and oxygen atoms in total. The standard InChI is InChI=1S/C28H23Cl2NO3/c1-2-33-27-15-10-21(28(32)31-26-14-11-23(29)17-25(26)30)16-22(27)18-34-24-12-8-20(9-13-24)19-6-4-3-5-7-19/h3-17H,2,18H2,1H3,(H,31,32).